The summed E-state index contributed by atoms with van der Waals surface area (Å²) in [6, 6.07) is 13.8. The molecule has 0 aliphatic carbocycles. The van der Waals surface area contributed by atoms with Crippen molar-refractivity contribution in [3.63, 3.8) is 0 Å². The molecule has 15 heteroatoms. The molecule has 1 fully saturated rings. The highest BCUT2D eigenvalue weighted by Crippen LogP contribution is 2.56. The molecule has 1 aromatic heterocycles. The van der Waals surface area contributed by atoms with Crippen LogP contribution in [0.5, 0.6) is 0 Å². The Morgan fingerprint density at radius 3 is 2.29 bits per heavy atom. The van der Waals surface area contributed by atoms with E-state index in [2.05, 4.69) is 14.7 Å². The number of alkyl halides is 6. The summed E-state index contributed by atoms with van der Waals surface area (Å²) in [6.07, 6.45) is -10.8. The number of benzene rings is 3. The molecule has 0 spiro atoms. The molecular weight excluding hydrogens is 590 g/mol. The minimum atomic E-state index is -5.45. The van der Waals surface area contributed by atoms with E-state index in [0.29, 0.717) is 34.3 Å². The number of nitrogens with one attached hydrogen (secondary N) is 2. The van der Waals surface area contributed by atoms with Gasteiger partial charge < -0.3 is 4.98 Å². The van der Waals surface area contributed by atoms with Crippen LogP contribution in [0.4, 0.5) is 32.0 Å². The first kappa shape index (κ1) is 29.4. The number of halogens is 6. The Labute approximate surface area is 235 Å². The summed E-state index contributed by atoms with van der Waals surface area (Å²) in [6.45, 7) is 0. The summed E-state index contributed by atoms with van der Waals surface area (Å²) in [5.74, 6) is -3.06. The van der Waals surface area contributed by atoms with Crippen LogP contribution in [0.2, 0.25) is 0 Å². The predicted octanol–water partition coefficient (Wildman–Crippen LogP) is 6.69. The molecule has 4 N–H and O–H groups in total. The quantitative estimate of drug-likeness (QED) is 0.181. The number of aromatic amines is 1. The van der Waals surface area contributed by atoms with Crippen molar-refractivity contribution in [3.05, 3.63) is 95.3 Å². The van der Waals surface area contributed by atoms with Crippen LogP contribution in [0.25, 0.3) is 11.0 Å². The lowest BCUT2D eigenvalue weighted by Crippen LogP contribution is -2.44. The van der Waals surface area contributed by atoms with Crippen LogP contribution < -0.4 is 9.62 Å². The van der Waals surface area contributed by atoms with Gasteiger partial charge in [0.1, 0.15) is 11.1 Å². The molecule has 8 nitrogen and oxygen atoms in total. The van der Waals surface area contributed by atoms with Gasteiger partial charge in [-0.05, 0) is 41.5 Å². The van der Waals surface area contributed by atoms with E-state index in [-0.39, 0.29) is 23.6 Å². The Bertz CT molecular complexity index is 1610. The summed E-state index contributed by atoms with van der Waals surface area (Å²) in [5, 5.41) is -0.946. The summed E-state index contributed by atoms with van der Waals surface area (Å²) in [5.41, 5.74) is -0.367. The van der Waals surface area contributed by atoms with Gasteiger partial charge in [-0.2, -0.15) is 26.3 Å². The fourth-order valence-corrected chi connectivity index (χ4v) is 6.29. The number of carbonyl (C=O) groups excluding carboxylic acids is 2. The van der Waals surface area contributed by atoms with Crippen LogP contribution in [-0.2, 0) is 22.2 Å². The maximum atomic E-state index is 13.9. The molecule has 2 atom stereocenters. The fraction of sp³-hybridized carbons (Fsp3) is 0.222. The Morgan fingerprint density at radius 2 is 1.69 bits per heavy atom. The molecule has 1 aliphatic heterocycles. The number of carbonyl (C=O) groups is 2. The smallest absolute Gasteiger partial charge is 0.340 e. The third-order valence-corrected chi connectivity index (χ3v) is 8.52. The first-order chi connectivity index (χ1) is 19.6. The molecular formula is C27H22F6N4O4S. The van der Waals surface area contributed by atoms with Gasteiger partial charge in [-0.3, -0.25) is 28.3 Å². The third kappa shape index (κ3) is 5.93. The van der Waals surface area contributed by atoms with Crippen LogP contribution >= 0.6 is 10.8 Å². The second-order valence-electron chi connectivity index (χ2n) is 9.63. The minimum absolute atomic E-state index is 0.102. The Hall–Kier alpha value is -4.08. The van der Waals surface area contributed by atoms with Crippen molar-refractivity contribution in [3.8, 4) is 0 Å². The largest absolute Gasteiger partial charge is 0.471 e. The van der Waals surface area contributed by atoms with E-state index in [1.807, 2.05) is 0 Å². The second-order valence-corrected chi connectivity index (χ2v) is 11.6. The molecule has 0 saturated carbocycles. The van der Waals surface area contributed by atoms with Crippen molar-refractivity contribution in [2.75, 3.05) is 4.90 Å². The van der Waals surface area contributed by atoms with Gasteiger partial charge in [-0.25, -0.2) is 4.98 Å². The maximum Gasteiger partial charge on any atom is 0.471 e. The van der Waals surface area contributed by atoms with E-state index >= 15 is 0 Å². The number of H-pyrrole nitrogens is 1. The number of nitrogens with zero attached hydrogens (tertiary/aromatic N) is 2. The number of imidazole rings is 1. The third-order valence-electron chi connectivity index (χ3n) is 6.76. The maximum absolute atomic E-state index is 13.9. The lowest BCUT2D eigenvalue weighted by atomic mass is 9.99. The minimum Gasteiger partial charge on any atom is -0.340 e. The number of amides is 2. The SMILES string of the molecule is O=C1CC(c2ccc(C[C@@H](c3nc4ccccc4[nH]3)N(C(=O)C(F)(F)F)c3cccc(C(F)(F)F)c3)cc2)S(O)(O)N1. The number of para-hydroxylation sites is 2. The summed E-state index contributed by atoms with van der Waals surface area (Å²) >= 11 is 0. The van der Waals surface area contributed by atoms with E-state index < -0.39 is 57.5 Å². The molecule has 2 heterocycles. The highest BCUT2D eigenvalue weighted by molar-refractivity contribution is 8.23. The zero-order valence-electron chi connectivity index (χ0n) is 21.3. The molecule has 1 saturated heterocycles. The summed E-state index contributed by atoms with van der Waals surface area (Å²) in [4.78, 5) is 32.1. The number of hydrogen-bond acceptors (Lipinski definition) is 5. The van der Waals surface area contributed by atoms with Crippen molar-refractivity contribution in [1.29, 1.82) is 0 Å². The van der Waals surface area contributed by atoms with E-state index in [4.69, 9.17) is 0 Å². The molecule has 4 aromatic rings. The predicted molar refractivity (Wildman–Crippen MR) is 142 cm³/mol. The first-order valence-electron chi connectivity index (χ1n) is 12.3. The number of rotatable bonds is 6. The summed E-state index contributed by atoms with van der Waals surface area (Å²) in [7, 11) is -3.46. The molecule has 3 aromatic carbocycles. The number of hydrogen-bond donors (Lipinski definition) is 4. The number of fused-ring (bicyclic) bond motifs is 1. The van der Waals surface area contributed by atoms with Crippen LogP contribution in [-0.4, -0.2) is 37.1 Å². The normalized spacial score (nSPS) is 18.5. The van der Waals surface area contributed by atoms with E-state index in [0.717, 1.165) is 12.1 Å². The van der Waals surface area contributed by atoms with Gasteiger partial charge in [0.25, 0.3) is 0 Å². The van der Waals surface area contributed by atoms with Crippen molar-refractivity contribution in [2.24, 2.45) is 0 Å². The van der Waals surface area contributed by atoms with Gasteiger partial charge in [0.15, 0.2) is 0 Å². The molecule has 1 aliphatic rings. The topological polar surface area (TPSA) is 119 Å². The van der Waals surface area contributed by atoms with Crippen molar-refractivity contribution in [1.82, 2.24) is 14.7 Å². The highest BCUT2D eigenvalue weighted by Gasteiger charge is 2.47. The van der Waals surface area contributed by atoms with Crippen LogP contribution in [0.15, 0.2) is 72.8 Å². The van der Waals surface area contributed by atoms with Crippen molar-refractivity contribution in [2.45, 2.75) is 36.5 Å². The fourth-order valence-electron chi connectivity index (χ4n) is 4.81. The van der Waals surface area contributed by atoms with Crippen LogP contribution in [0.1, 0.15) is 40.2 Å². The zero-order chi connectivity index (χ0) is 30.4. The number of aromatic nitrogens is 2. The lowest BCUT2D eigenvalue weighted by Gasteiger charge is -2.33. The van der Waals surface area contributed by atoms with Crippen molar-refractivity contribution < 1.29 is 45.0 Å². The summed E-state index contributed by atoms with van der Waals surface area (Å²) < 4.78 is 105. The van der Waals surface area contributed by atoms with Crippen molar-refractivity contribution >= 4 is 39.3 Å². The molecule has 0 radical (unpaired) electrons. The monoisotopic (exact) mass is 612 g/mol. The van der Waals surface area contributed by atoms with Gasteiger partial charge in [0.2, 0.25) is 5.91 Å². The van der Waals surface area contributed by atoms with Gasteiger partial charge in [-0.15, -0.1) is 10.8 Å². The van der Waals surface area contributed by atoms with Gasteiger partial charge >= 0.3 is 18.3 Å². The van der Waals surface area contributed by atoms with Crippen LogP contribution in [0, 0.1) is 0 Å². The molecule has 1 unspecified atom stereocenters. The zero-order valence-corrected chi connectivity index (χ0v) is 22.1. The Balaban J connectivity index is 1.61. The van der Waals surface area contributed by atoms with Crippen LogP contribution in [0.3, 0.4) is 0 Å². The van der Waals surface area contributed by atoms with E-state index in [1.165, 1.54) is 24.3 Å². The standard InChI is InChI=1S/C27H22F6N4O4S/c28-26(29,30)17-4-3-5-18(13-17)37(25(39)27(31,32)33)21(24-34-19-6-1-2-7-20(19)35-24)12-15-8-10-16(11-9-15)22-14-23(38)36-42(22,40)41/h1-11,13,21-22,40-41H,12,14H2,(H,34,35)(H,36,38)/t21-,22?/m0/s1. The molecule has 42 heavy (non-hydrogen) atoms. The Morgan fingerprint density at radius 1 is 1.00 bits per heavy atom. The lowest BCUT2D eigenvalue weighted by molar-refractivity contribution is -0.171. The molecule has 2 amide bonds. The van der Waals surface area contributed by atoms with E-state index in [1.54, 1.807) is 24.3 Å². The average molecular weight is 613 g/mol. The van der Waals surface area contributed by atoms with Gasteiger partial charge in [0.05, 0.1) is 29.1 Å². The second kappa shape index (κ2) is 10.6. The molecule has 5 rings (SSSR count). The van der Waals surface area contributed by atoms with E-state index in [9.17, 15) is 45.0 Å². The number of anilines is 1. The van der Waals surface area contributed by atoms with Gasteiger partial charge in [-0.1, -0.05) is 42.5 Å². The molecule has 222 valence electrons. The Kier molecular flexibility index (Phi) is 7.45. The first-order valence-corrected chi connectivity index (χ1v) is 13.9. The van der Waals surface area contributed by atoms with Gasteiger partial charge in [0, 0.05) is 12.1 Å². The molecule has 0 bridgehead atoms. The average Bonchev–Trinajstić information content (AvgIpc) is 3.46. The highest BCUT2D eigenvalue weighted by atomic mass is 32.3.